The van der Waals surface area contributed by atoms with Gasteiger partial charge in [0.15, 0.2) is 0 Å². The molecule has 3 rings (SSSR count). The third-order valence-corrected chi connectivity index (χ3v) is 3.50. The summed E-state index contributed by atoms with van der Waals surface area (Å²) in [6, 6.07) is 7.71. The maximum atomic E-state index is 14.2. The highest BCUT2D eigenvalue weighted by molar-refractivity contribution is 6.20. The van der Waals surface area contributed by atoms with Crippen molar-refractivity contribution in [3.05, 3.63) is 59.3 Å². The molecule has 7 nitrogen and oxygen atoms in total. The second-order valence-corrected chi connectivity index (χ2v) is 4.99. The fourth-order valence-corrected chi connectivity index (χ4v) is 2.19. The Hall–Kier alpha value is -3.36. The third-order valence-electron chi connectivity index (χ3n) is 3.50. The number of nitrogens with zero attached hydrogens (tertiary/aromatic N) is 2. The smallest absolute Gasteiger partial charge is 0.407 e. The van der Waals surface area contributed by atoms with Crippen molar-refractivity contribution < 1.29 is 32.7 Å². The lowest BCUT2D eigenvalue weighted by Crippen LogP contribution is -2.39. The molecule has 0 atom stereocenters. The number of carbonyl (C=O) groups is 3. The number of ether oxygens (including phenoxy) is 1. The number of fused-ring (bicyclic) bond motifs is 1. The SMILES string of the molecule is COc1ccc(C(F)(F)C(=O)ON2C(=O)c3ccccc3C2=O)cn1. The van der Waals surface area contributed by atoms with E-state index in [2.05, 4.69) is 9.82 Å². The molecule has 0 radical (unpaired) electrons. The molecule has 2 aromatic rings. The largest absolute Gasteiger partial charge is 0.481 e. The van der Waals surface area contributed by atoms with Crippen molar-refractivity contribution in [2.24, 2.45) is 0 Å². The van der Waals surface area contributed by atoms with Crippen molar-refractivity contribution >= 4 is 17.8 Å². The molecule has 1 aliphatic heterocycles. The third kappa shape index (κ3) is 2.69. The number of aromatic nitrogens is 1. The van der Waals surface area contributed by atoms with Crippen LogP contribution >= 0.6 is 0 Å². The van der Waals surface area contributed by atoms with Gasteiger partial charge in [0, 0.05) is 12.3 Å². The maximum absolute atomic E-state index is 14.2. The highest BCUT2D eigenvalue weighted by Gasteiger charge is 2.48. The van der Waals surface area contributed by atoms with E-state index in [9.17, 15) is 23.2 Å². The summed E-state index contributed by atoms with van der Waals surface area (Å²) in [5.41, 5.74) is -0.834. The van der Waals surface area contributed by atoms with Gasteiger partial charge in [0.1, 0.15) is 0 Å². The number of rotatable bonds is 4. The first kappa shape index (κ1) is 16.5. The van der Waals surface area contributed by atoms with Crippen LogP contribution in [0.2, 0.25) is 0 Å². The van der Waals surface area contributed by atoms with Gasteiger partial charge in [-0.15, -0.1) is 0 Å². The van der Waals surface area contributed by atoms with E-state index in [4.69, 9.17) is 4.74 Å². The fourth-order valence-electron chi connectivity index (χ4n) is 2.19. The number of methoxy groups -OCH3 is 1. The van der Waals surface area contributed by atoms with Crippen LogP contribution in [0, 0.1) is 0 Å². The molecule has 0 bridgehead atoms. The Kier molecular flexibility index (Phi) is 3.91. The summed E-state index contributed by atoms with van der Waals surface area (Å²) in [5.74, 6) is -8.09. The number of hydrogen-bond donors (Lipinski definition) is 0. The van der Waals surface area contributed by atoms with Crippen LogP contribution in [0.4, 0.5) is 8.78 Å². The van der Waals surface area contributed by atoms with Gasteiger partial charge >= 0.3 is 11.9 Å². The lowest BCUT2D eigenvalue weighted by atomic mass is 10.1. The summed E-state index contributed by atoms with van der Waals surface area (Å²) in [4.78, 5) is 43.9. The van der Waals surface area contributed by atoms with Crippen molar-refractivity contribution in [2.45, 2.75) is 5.92 Å². The van der Waals surface area contributed by atoms with Crippen molar-refractivity contribution in [3.8, 4) is 5.88 Å². The van der Waals surface area contributed by atoms with Gasteiger partial charge < -0.3 is 9.57 Å². The van der Waals surface area contributed by atoms with E-state index in [1.54, 1.807) is 0 Å². The van der Waals surface area contributed by atoms with Crippen molar-refractivity contribution in [1.29, 1.82) is 0 Å². The molecule has 0 saturated heterocycles. The molecule has 1 aromatic heterocycles. The summed E-state index contributed by atoms with van der Waals surface area (Å²) in [6.07, 6.45) is 0.739. The molecule has 0 saturated carbocycles. The molecule has 1 aliphatic rings. The van der Waals surface area contributed by atoms with Gasteiger partial charge in [-0.05, 0) is 18.2 Å². The zero-order chi connectivity index (χ0) is 18.2. The molecular formula is C16H10F2N2O5. The van der Waals surface area contributed by atoms with Gasteiger partial charge in [-0.3, -0.25) is 9.59 Å². The topological polar surface area (TPSA) is 85.8 Å². The van der Waals surface area contributed by atoms with E-state index in [0.29, 0.717) is 0 Å². The lowest BCUT2D eigenvalue weighted by molar-refractivity contribution is -0.198. The number of hydrogen-bond acceptors (Lipinski definition) is 6. The average molecular weight is 348 g/mol. The van der Waals surface area contributed by atoms with Crippen LogP contribution in [0.1, 0.15) is 26.3 Å². The number of imide groups is 1. The number of alkyl halides is 2. The second-order valence-electron chi connectivity index (χ2n) is 4.99. The lowest BCUT2D eigenvalue weighted by Gasteiger charge is -2.18. The standard InChI is InChI=1S/C16H10F2N2O5/c1-24-12-7-6-9(8-19-12)16(17,18)15(23)25-20-13(21)10-4-2-3-5-11(10)14(20)22/h2-8H,1H3. The maximum Gasteiger partial charge on any atom is 0.407 e. The predicted octanol–water partition coefficient (Wildman–Crippen LogP) is 1.94. The van der Waals surface area contributed by atoms with Gasteiger partial charge in [0.2, 0.25) is 5.88 Å². The van der Waals surface area contributed by atoms with Crippen molar-refractivity contribution in [3.63, 3.8) is 0 Å². The zero-order valence-electron chi connectivity index (χ0n) is 12.7. The predicted molar refractivity (Wildman–Crippen MR) is 77.7 cm³/mol. The van der Waals surface area contributed by atoms with Gasteiger partial charge in [0.05, 0.1) is 23.8 Å². The first-order valence-corrected chi connectivity index (χ1v) is 6.95. The van der Waals surface area contributed by atoms with E-state index >= 15 is 0 Å². The number of amides is 2. The van der Waals surface area contributed by atoms with Crippen LogP contribution in [0.25, 0.3) is 0 Å². The highest BCUT2D eigenvalue weighted by atomic mass is 19.3. The van der Waals surface area contributed by atoms with Crippen molar-refractivity contribution in [2.75, 3.05) is 7.11 Å². The van der Waals surface area contributed by atoms with Crippen LogP contribution in [0.15, 0.2) is 42.6 Å². The molecule has 25 heavy (non-hydrogen) atoms. The zero-order valence-corrected chi connectivity index (χ0v) is 12.7. The monoisotopic (exact) mass is 348 g/mol. The number of halogens is 2. The van der Waals surface area contributed by atoms with E-state index in [1.165, 1.54) is 31.4 Å². The van der Waals surface area contributed by atoms with Gasteiger partial charge in [-0.25, -0.2) is 9.78 Å². The molecule has 2 amide bonds. The molecule has 0 fully saturated rings. The Bertz CT molecular complexity index is 832. The van der Waals surface area contributed by atoms with Crippen LogP contribution < -0.4 is 4.74 Å². The molecule has 0 spiro atoms. The van der Waals surface area contributed by atoms with Gasteiger partial charge in [-0.1, -0.05) is 17.2 Å². The van der Waals surface area contributed by atoms with E-state index in [1.807, 2.05) is 0 Å². The Balaban J connectivity index is 1.82. The average Bonchev–Trinajstić information content (AvgIpc) is 2.87. The Morgan fingerprint density at radius 2 is 1.68 bits per heavy atom. The summed E-state index contributed by atoms with van der Waals surface area (Å²) in [7, 11) is 1.30. The van der Waals surface area contributed by atoms with Gasteiger partial charge in [0.25, 0.3) is 11.8 Å². The van der Waals surface area contributed by atoms with Crippen molar-refractivity contribution in [1.82, 2.24) is 10.0 Å². The minimum absolute atomic E-state index is 0.0257. The summed E-state index contributed by atoms with van der Waals surface area (Å²) < 4.78 is 33.2. The normalized spacial score (nSPS) is 13.6. The van der Waals surface area contributed by atoms with Gasteiger partial charge in [-0.2, -0.15) is 8.78 Å². The summed E-state index contributed by atoms with van der Waals surface area (Å²) in [6.45, 7) is 0. The Morgan fingerprint density at radius 3 is 2.16 bits per heavy atom. The Labute approximate surface area is 139 Å². The first-order chi connectivity index (χ1) is 11.9. The van der Waals surface area contributed by atoms with E-state index in [0.717, 1.165) is 18.3 Å². The number of hydroxylamine groups is 2. The second kappa shape index (κ2) is 5.93. The van der Waals surface area contributed by atoms with Crippen LogP contribution in [0.5, 0.6) is 5.88 Å². The molecule has 1 aromatic carbocycles. The van der Waals surface area contributed by atoms with E-state index in [-0.39, 0.29) is 22.1 Å². The Morgan fingerprint density at radius 1 is 1.08 bits per heavy atom. The minimum atomic E-state index is -4.12. The number of benzene rings is 1. The van der Waals surface area contributed by atoms with Crippen LogP contribution in [0.3, 0.4) is 0 Å². The number of carbonyl (C=O) groups excluding carboxylic acids is 3. The minimum Gasteiger partial charge on any atom is -0.481 e. The number of pyridine rings is 1. The molecular weight excluding hydrogens is 338 g/mol. The molecule has 128 valence electrons. The van der Waals surface area contributed by atoms with Crippen LogP contribution in [-0.4, -0.2) is 34.9 Å². The molecule has 9 heteroatoms. The van der Waals surface area contributed by atoms with E-state index < -0.39 is 29.3 Å². The molecule has 0 unspecified atom stereocenters. The molecule has 0 aliphatic carbocycles. The summed E-state index contributed by atoms with van der Waals surface area (Å²) >= 11 is 0. The fraction of sp³-hybridized carbons (Fsp3) is 0.125. The highest BCUT2D eigenvalue weighted by Crippen LogP contribution is 2.31. The summed E-state index contributed by atoms with van der Waals surface area (Å²) in [5, 5.41) is 0.0257. The molecule has 0 N–H and O–H groups in total. The van der Waals surface area contributed by atoms with Crippen LogP contribution in [-0.2, 0) is 15.6 Å². The molecule has 2 heterocycles. The first-order valence-electron chi connectivity index (χ1n) is 6.95. The quantitative estimate of drug-likeness (QED) is 0.785.